The largest absolute Gasteiger partial charge is 0.385 e. The minimum atomic E-state index is -0.541. The Bertz CT molecular complexity index is 480. The summed E-state index contributed by atoms with van der Waals surface area (Å²) in [6, 6.07) is 5.07. The molecule has 110 valence electrons. The lowest BCUT2D eigenvalue weighted by Gasteiger charge is -2.11. The maximum atomic E-state index is 12.0. The molecule has 6 nitrogen and oxygen atoms in total. The van der Waals surface area contributed by atoms with Crippen LogP contribution in [0.5, 0.6) is 0 Å². The van der Waals surface area contributed by atoms with Gasteiger partial charge in [-0.15, -0.1) is 0 Å². The van der Waals surface area contributed by atoms with Crippen molar-refractivity contribution in [3.05, 3.63) is 28.8 Å². The highest BCUT2D eigenvalue weighted by molar-refractivity contribution is 6.31. The van der Waals surface area contributed by atoms with E-state index >= 15 is 0 Å². The summed E-state index contributed by atoms with van der Waals surface area (Å²) in [5, 5.41) is 6.26. The van der Waals surface area contributed by atoms with Crippen molar-refractivity contribution in [2.75, 3.05) is 31.6 Å². The van der Waals surface area contributed by atoms with E-state index in [1.165, 1.54) is 0 Å². The molecular formula is C13H18ClN3O3. The smallest absolute Gasteiger partial charge is 0.253 e. The number of carbonyl (C=O) groups is 2. The number of ether oxygens (including phenoxy) is 1. The molecule has 0 radical (unpaired) electrons. The molecule has 0 aliphatic heterocycles. The average molecular weight is 300 g/mol. The highest BCUT2D eigenvalue weighted by Crippen LogP contribution is 2.20. The Kier molecular flexibility index (Phi) is 6.83. The van der Waals surface area contributed by atoms with Gasteiger partial charge in [-0.05, 0) is 25.1 Å². The van der Waals surface area contributed by atoms with Crippen LogP contribution in [0.1, 0.15) is 17.3 Å². The average Bonchev–Trinajstić information content (AvgIpc) is 2.40. The van der Waals surface area contributed by atoms with E-state index in [0.29, 0.717) is 22.8 Å². The third kappa shape index (κ3) is 5.46. The number of hydrogen-bond acceptors (Lipinski definition) is 4. The molecular weight excluding hydrogens is 282 g/mol. The maximum absolute atomic E-state index is 12.0. The van der Waals surface area contributed by atoms with E-state index in [4.69, 9.17) is 22.1 Å². The van der Waals surface area contributed by atoms with Gasteiger partial charge in [0.1, 0.15) is 6.61 Å². The second-order valence-electron chi connectivity index (χ2n) is 4.00. The summed E-state index contributed by atoms with van der Waals surface area (Å²) in [6.45, 7) is 2.98. The van der Waals surface area contributed by atoms with Crippen molar-refractivity contribution < 1.29 is 14.3 Å². The van der Waals surface area contributed by atoms with Gasteiger partial charge < -0.3 is 21.1 Å². The Morgan fingerprint density at radius 3 is 2.80 bits per heavy atom. The third-order valence-corrected chi connectivity index (χ3v) is 2.60. The first-order chi connectivity index (χ1) is 9.54. The Balaban J connectivity index is 2.53. The normalized spacial score (nSPS) is 10.1. The minimum absolute atomic E-state index is 0.157. The molecule has 7 heteroatoms. The van der Waals surface area contributed by atoms with Crippen molar-refractivity contribution >= 4 is 29.1 Å². The van der Waals surface area contributed by atoms with E-state index in [1.54, 1.807) is 18.2 Å². The third-order valence-electron chi connectivity index (χ3n) is 2.37. The molecule has 0 atom stereocenters. The van der Waals surface area contributed by atoms with E-state index in [0.717, 1.165) is 0 Å². The molecule has 0 fully saturated rings. The zero-order chi connectivity index (χ0) is 15.0. The number of benzene rings is 1. The van der Waals surface area contributed by atoms with Gasteiger partial charge >= 0.3 is 0 Å². The zero-order valence-corrected chi connectivity index (χ0v) is 12.0. The molecule has 0 aliphatic carbocycles. The molecule has 1 rings (SSSR count). The molecule has 0 spiro atoms. The van der Waals surface area contributed by atoms with Crippen molar-refractivity contribution in [2.45, 2.75) is 6.92 Å². The monoisotopic (exact) mass is 299 g/mol. The molecule has 4 N–H and O–H groups in total. The molecule has 0 saturated heterocycles. The molecule has 1 aromatic rings. The van der Waals surface area contributed by atoms with Crippen LogP contribution >= 0.6 is 11.6 Å². The topological polar surface area (TPSA) is 93.4 Å². The first kappa shape index (κ1) is 16.3. The predicted molar refractivity (Wildman–Crippen MR) is 78.0 cm³/mol. The van der Waals surface area contributed by atoms with Gasteiger partial charge in [-0.1, -0.05) is 11.6 Å². The van der Waals surface area contributed by atoms with Crippen molar-refractivity contribution in [3.63, 3.8) is 0 Å². The highest BCUT2D eigenvalue weighted by atomic mass is 35.5. The Hall–Kier alpha value is -1.79. The van der Waals surface area contributed by atoms with Crippen LogP contribution in [0.25, 0.3) is 0 Å². The lowest BCUT2D eigenvalue weighted by molar-refractivity contribution is -0.122. The number of hydrogen-bond donors (Lipinski definition) is 3. The van der Waals surface area contributed by atoms with Crippen molar-refractivity contribution in [3.8, 4) is 0 Å². The van der Waals surface area contributed by atoms with Crippen LogP contribution < -0.4 is 16.4 Å². The molecule has 0 aromatic heterocycles. The minimum Gasteiger partial charge on any atom is -0.385 e. The van der Waals surface area contributed by atoms with E-state index in [2.05, 4.69) is 10.6 Å². The molecule has 0 unspecified atom stereocenters. The fourth-order valence-electron chi connectivity index (χ4n) is 1.55. The molecule has 0 heterocycles. The molecule has 0 aliphatic rings. The summed E-state index contributed by atoms with van der Waals surface area (Å²) in [5.74, 6) is -0.799. The fraction of sp³-hybridized carbons (Fsp3) is 0.385. The lowest BCUT2D eigenvalue weighted by Crippen LogP contribution is -2.29. The molecule has 20 heavy (non-hydrogen) atoms. The van der Waals surface area contributed by atoms with Gasteiger partial charge in [0.05, 0.1) is 12.2 Å². The quantitative estimate of drug-likeness (QED) is 0.624. The summed E-state index contributed by atoms with van der Waals surface area (Å²) < 4.78 is 4.95. The van der Waals surface area contributed by atoms with Crippen LogP contribution in [-0.4, -0.2) is 38.1 Å². The number of primary amides is 1. The van der Waals surface area contributed by atoms with Crippen LogP contribution in [0.15, 0.2) is 18.2 Å². The highest BCUT2D eigenvalue weighted by Gasteiger charge is 2.11. The molecule has 1 aromatic carbocycles. The number of anilines is 1. The summed E-state index contributed by atoms with van der Waals surface area (Å²) >= 11 is 5.90. The fourth-order valence-corrected chi connectivity index (χ4v) is 1.73. The summed E-state index contributed by atoms with van der Waals surface area (Å²) in [7, 11) is 0. The number of rotatable bonds is 8. The van der Waals surface area contributed by atoms with E-state index in [9.17, 15) is 9.59 Å². The van der Waals surface area contributed by atoms with Gasteiger partial charge in [0.2, 0.25) is 5.91 Å². The van der Waals surface area contributed by atoms with Crippen LogP contribution in [0.4, 0.5) is 5.69 Å². The van der Waals surface area contributed by atoms with Crippen LogP contribution in [0.3, 0.4) is 0 Å². The van der Waals surface area contributed by atoms with Crippen LogP contribution in [-0.2, 0) is 9.53 Å². The van der Waals surface area contributed by atoms with E-state index < -0.39 is 5.91 Å². The number of nitrogens with one attached hydrogen (secondary N) is 2. The number of carbonyl (C=O) groups excluding carboxylic acids is 2. The zero-order valence-electron chi connectivity index (χ0n) is 11.2. The lowest BCUT2D eigenvalue weighted by atomic mass is 10.1. The molecule has 0 bridgehead atoms. The standard InChI is InChI=1S/C13H18ClN3O3/c1-2-16-11-4-3-9(14)7-10(11)13(19)17-5-6-20-8-12(15)18/h3-4,7,16H,2,5-6,8H2,1H3,(H2,15,18)(H,17,19). The van der Waals surface area contributed by atoms with Crippen molar-refractivity contribution in [1.29, 1.82) is 0 Å². The number of halogens is 1. The van der Waals surface area contributed by atoms with Crippen LogP contribution in [0.2, 0.25) is 5.02 Å². The van der Waals surface area contributed by atoms with Crippen molar-refractivity contribution in [1.82, 2.24) is 5.32 Å². The van der Waals surface area contributed by atoms with Gasteiger partial charge in [-0.3, -0.25) is 9.59 Å². The van der Waals surface area contributed by atoms with Gasteiger partial charge in [-0.2, -0.15) is 0 Å². The first-order valence-electron chi connectivity index (χ1n) is 6.22. The van der Waals surface area contributed by atoms with Crippen molar-refractivity contribution in [2.24, 2.45) is 5.73 Å². The second kappa shape index (κ2) is 8.39. The van der Waals surface area contributed by atoms with E-state index in [-0.39, 0.29) is 25.7 Å². The van der Waals surface area contributed by atoms with Gasteiger partial charge in [-0.25, -0.2) is 0 Å². The summed E-state index contributed by atoms with van der Waals surface area (Å²) in [5.41, 5.74) is 6.10. The summed E-state index contributed by atoms with van der Waals surface area (Å²) in [4.78, 5) is 22.5. The second-order valence-corrected chi connectivity index (χ2v) is 4.43. The Morgan fingerprint density at radius 1 is 1.40 bits per heavy atom. The van der Waals surface area contributed by atoms with Gasteiger partial charge in [0.25, 0.3) is 5.91 Å². The predicted octanol–water partition coefficient (Wildman–Crippen LogP) is 1.00. The number of nitrogens with two attached hydrogens (primary N) is 1. The van der Waals surface area contributed by atoms with Gasteiger partial charge in [0.15, 0.2) is 0 Å². The van der Waals surface area contributed by atoms with E-state index in [1.807, 2.05) is 6.92 Å². The SMILES string of the molecule is CCNc1ccc(Cl)cc1C(=O)NCCOCC(N)=O. The van der Waals surface area contributed by atoms with Gasteiger partial charge in [0, 0.05) is 23.8 Å². The first-order valence-corrected chi connectivity index (χ1v) is 6.60. The van der Waals surface area contributed by atoms with Crippen LogP contribution in [0, 0.1) is 0 Å². The maximum Gasteiger partial charge on any atom is 0.253 e. The molecule has 2 amide bonds. The summed E-state index contributed by atoms with van der Waals surface area (Å²) in [6.07, 6.45) is 0. The molecule has 0 saturated carbocycles. The Morgan fingerprint density at radius 2 is 2.15 bits per heavy atom. The number of amides is 2. The Labute approximate surface area is 122 Å².